The molecule has 1 unspecified atom stereocenters. The van der Waals surface area contributed by atoms with Gasteiger partial charge in [0.15, 0.2) is 0 Å². The molecule has 1 aromatic carbocycles. The van der Waals surface area contributed by atoms with Crippen LogP contribution in [0.15, 0.2) is 24.3 Å². The Kier molecular flexibility index (Phi) is 6.28. The first-order chi connectivity index (χ1) is 11.0. The average molecular weight is 319 g/mol. The van der Waals surface area contributed by atoms with E-state index in [1.165, 1.54) is 0 Å². The number of hydrogen-bond donors (Lipinski definition) is 1. The summed E-state index contributed by atoms with van der Waals surface area (Å²) in [5, 5.41) is 3.03. The van der Waals surface area contributed by atoms with Gasteiger partial charge in [-0.1, -0.05) is 26.0 Å². The lowest BCUT2D eigenvalue weighted by molar-refractivity contribution is -0.126. The van der Waals surface area contributed by atoms with Crippen LogP contribution in [0.3, 0.4) is 0 Å². The van der Waals surface area contributed by atoms with E-state index in [-0.39, 0.29) is 11.9 Å². The number of para-hydroxylation sites is 2. The molecule has 1 N–H and O–H groups in total. The molecule has 5 heteroatoms. The summed E-state index contributed by atoms with van der Waals surface area (Å²) in [5.74, 6) is 1.52. The van der Waals surface area contributed by atoms with Crippen molar-refractivity contribution in [2.24, 2.45) is 5.92 Å². The number of ether oxygens (including phenoxy) is 1. The van der Waals surface area contributed by atoms with Gasteiger partial charge in [0.05, 0.1) is 18.8 Å². The summed E-state index contributed by atoms with van der Waals surface area (Å²) in [6.07, 6.45) is 0. The van der Waals surface area contributed by atoms with Gasteiger partial charge in [-0.2, -0.15) is 0 Å². The molecule has 1 fully saturated rings. The van der Waals surface area contributed by atoms with Gasteiger partial charge >= 0.3 is 0 Å². The number of anilines is 1. The van der Waals surface area contributed by atoms with Gasteiger partial charge in [0, 0.05) is 32.7 Å². The predicted octanol–water partition coefficient (Wildman–Crippen LogP) is 1.98. The van der Waals surface area contributed by atoms with Crippen LogP contribution in [0.4, 0.5) is 5.69 Å². The molecule has 0 spiro atoms. The quantitative estimate of drug-likeness (QED) is 0.871. The first-order valence-electron chi connectivity index (χ1n) is 8.42. The highest BCUT2D eigenvalue weighted by Gasteiger charge is 2.26. The molecule has 5 nitrogen and oxygen atoms in total. The SMILES string of the molecule is COc1ccccc1N1CCN(C(C)C(=O)NCC(C)C)CC1. The van der Waals surface area contributed by atoms with Gasteiger partial charge in [-0.05, 0) is 25.0 Å². The third-order valence-electron chi connectivity index (χ3n) is 4.35. The number of amides is 1. The van der Waals surface area contributed by atoms with Crippen LogP contribution in [0.1, 0.15) is 20.8 Å². The van der Waals surface area contributed by atoms with Crippen LogP contribution >= 0.6 is 0 Å². The number of carbonyl (C=O) groups is 1. The minimum atomic E-state index is -0.0754. The van der Waals surface area contributed by atoms with Crippen LogP contribution in [0.2, 0.25) is 0 Å². The Morgan fingerprint density at radius 2 is 1.83 bits per heavy atom. The first-order valence-corrected chi connectivity index (χ1v) is 8.42. The Bertz CT molecular complexity index is 511. The summed E-state index contributed by atoms with van der Waals surface area (Å²) in [6.45, 7) is 10.5. The van der Waals surface area contributed by atoms with Crippen LogP contribution in [-0.4, -0.2) is 56.7 Å². The second-order valence-corrected chi connectivity index (χ2v) is 6.51. The van der Waals surface area contributed by atoms with Crippen molar-refractivity contribution >= 4 is 11.6 Å². The molecule has 0 saturated carbocycles. The lowest BCUT2D eigenvalue weighted by Gasteiger charge is -2.39. The second-order valence-electron chi connectivity index (χ2n) is 6.51. The van der Waals surface area contributed by atoms with Crippen molar-refractivity contribution < 1.29 is 9.53 Å². The topological polar surface area (TPSA) is 44.8 Å². The van der Waals surface area contributed by atoms with E-state index in [1.807, 2.05) is 25.1 Å². The largest absolute Gasteiger partial charge is 0.495 e. The van der Waals surface area contributed by atoms with E-state index in [2.05, 4.69) is 35.0 Å². The number of nitrogens with one attached hydrogen (secondary N) is 1. The van der Waals surface area contributed by atoms with Crippen LogP contribution < -0.4 is 15.0 Å². The van der Waals surface area contributed by atoms with Crippen molar-refractivity contribution in [3.05, 3.63) is 24.3 Å². The summed E-state index contributed by atoms with van der Waals surface area (Å²) in [7, 11) is 1.70. The zero-order valence-electron chi connectivity index (χ0n) is 14.7. The van der Waals surface area contributed by atoms with Gasteiger partial charge in [0.25, 0.3) is 0 Å². The van der Waals surface area contributed by atoms with Gasteiger partial charge in [-0.15, -0.1) is 0 Å². The molecule has 1 aromatic rings. The van der Waals surface area contributed by atoms with Crippen molar-refractivity contribution in [3.8, 4) is 5.75 Å². The van der Waals surface area contributed by atoms with Gasteiger partial charge < -0.3 is 15.0 Å². The molecule has 0 aromatic heterocycles. The molecule has 1 amide bonds. The number of piperazine rings is 1. The normalized spacial score (nSPS) is 17.2. The summed E-state index contributed by atoms with van der Waals surface area (Å²) in [6, 6.07) is 8.02. The monoisotopic (exact) mass is 319 g/mol. The molecule has 1 aliphatic rings. The van der Waals surface area contributed by atoms with Crippen LogP contribution in [-0.2, 0) is 4.79 Å². The molecule has 1 saturated heterocycles. The Morgan fingerprint density at radius 3 is 2.43 bits per heavy atom. The fourth-order valence-corrected chi connectivity index (χ4v) is 2.86. The lowest BCUT2D eigenvalue weighted by atomic mass is 10.1. The Labute approximate surface area is 139 Å². The molecule has 0 bridgehead atoms. The Hall–Kier alpha value is -1.75. The lowest BCUT2D eigenvalue weighted by Crippen LogP contribution is -2.54. The maximum absolute atomic E-state index is 12.2. The van der Waals surface area contributed by atoms with E-state index < -0.39 is 0 Å². The highest BCUT2D eigenvalue weighted by molar-refractivity contribution is 5.81. The van der Waals surface area contributed by atoms with E-state index in [9.17, 15) is 4.79 Å². The first kappa shape index (κ1) is 17.6. The molecule has 1 atom stereocenters. The highest BCUT2D eigenvalue weighted by atomic mass is 16.5. The van der Waals surface area contributed by atoms with Crippen molar-refractivity contribution in [3.63, 3.8) is 0 Å². The fraction of sp³-hybridized carbons (Fsp3) is 0.611. The van der Waals surface area contributed by atoms with E-state index in [0.29, 0.717) is 5.92 Å². The molecule has 128 valence electrons. The van der Waals surface area contributed by atoms with Crippen molar-refractivity contribution in [2.45, 2.75) is 26.8 Å². The van der Waals surface area contributed by atoms with Crippen LogP contribution in [0.5, 0.6) is 5.75 Å². The molecule has 0 aliphatic carbocycles. The second kappa shape index (κ2) is 8.20. The molecule has 1 heterocycles. The maximum Gasteiger partial charge on any atom is 0.237 e. The smallest absolute Gasteiger partial charge is 0.237 e. The highest BCUT2D eigenvalue weighted by Crippen LogP contribution is 2.28. The predicted molar refractivity (Wildman–Crippen MR) is 94.1 cm³/mol. The van der Waals surface area contributed by atoms with E-state index >= 15 is 0 Å². The minimum absolute atomic E-state index is 0.0754. The van der Waals surface area contributed by atoms with Crippen LogP contribution in [0.25, 0.3) is 0 Å². The zero-order chi connectivity index (χ0) is 16.8. The Morgan fingerprint density at radius 1 is 1.17 bits per heavy atom. The van der Waals surface area contributed by atoms with Crippen molar-refractivity contribution in [1.29, 1.82) is 0 Å². The number of methoxy groups -OCH3 is 1. The number of carbonyl (C=O) groups excluding carboxylic acids is 1. The average Bonchev–Trinajstić information content (AvgIpc) is 2.59. The molecule has 0 radical (unpaired) electrons. The van der Waals surface area contributed by atoms with Gasteiger partial charge in [-0.25, -0.2) is 0 Å². The minimum Gasteiger partial charge on any atom is -0.495 e. The molecule has 2 rings (SSSR count). The number of nitrogens with zero attached hydrogens (tertiary/aromatic N) is 2. The summed E-state index contributed by atoms with van der Waals surface area (Å²) >= 11 is 0. The number of benzene rings is 1. The van der Waals surface area contributed by atoms with Crippen LogP contribution in [0, 0.1) is 5.92 Å². The van der Waals surface area contributed by atoms with Crippen molar-refractivity contribution in [1.82, 2.24) is 10.2 Å². The van der Waals surface area contributed by atoms with Gasteiger partial charge in [0.1, 0.15) is 5.75 Å². The summed E-state index contributed by atoms with van der Waals surface area (Å²) in [4.78, 5) is 16.8. The molecule has 1 aliphatic heterocycles. The Balaban J connectivity index is 1.89. The van der Waals surface area contributed by atoms with E-state index in [4.69, 9.17) is 4.74 Å². The van der Waals surface area contributed by atoms with E-state index in [0.717, 1.165) is 44.2 Å². The molecular formula is C18H29N3O2. The zero-order valence-corrected chi connectivity index (χ0v) is 14.7. The third-order valence-corrected chi connectivity index (χ3v) is 4.35. The van der Waals surface area contributed by atoms with Crippen molar-refractivity contribution in [2.75, 3.05) is 44.7 Å². The van der Waals surface area contributed by atoms with Gasteiger partial charge in [-0.3, -0.25) is 9.69 Å². The molecular weight excluding hydrogens is 290 g/mol. The van der Waals surface area contributed by atoms with Gasteiger partial charge in [0.2, 0.25) is 5.91 Å². The fourth-order valence-electron chi connectivity index (χ4n) is 2.86. The maximum atomic E-state index is 12.2. The summed E-state index contributed by atoms with van der Waals surface area (Å²) < 4.78 is 5.45. The number of rotatable bonds is 6. The standard InChI is InChI=1S/C18H29N3O2/c1-14(2)13-19-18(22)15(3)20-9-11-21(12-10-20)16-7-5-6-8-17(16)23-4/h5-8,14-15H,9-13H2,1-4H3,(H,19,22). The molecule has 23 heavy (non-hydrogen) atoms. The number of hydrogen-bond acceptors (Lipinski definition) is 4. The third kappa shape index (κ3) is 4.61. The van der Waals surface area contributed by atoms with E-state index in [1.54, 1.807) is 7.11 Å². The summed E-state index contributed by atoms with van der Waals surface area (Å²) in [5.41, 5.74) is 1.13.